The molecule has 0 bridgehead atoms. The van der Waals surface area contributed by atoms with Gasteiger partial charge < -0.3 is 10.2 Å². The summed E-state index contributed by atoms with van der Waals surface area (Å²) in [6.45, 7) is 9.51. The second-order valence-electron chi connectivity index (χ2n) is 5.56. The first-order valence-electron chi connectivity index (χ1n) is 8.79. The van der Waals surface area contributed by atoms with E-state index in [1.54, 1.807) is 6.20 Å². The van der Waals surface area contributed by atoms with E-state index in [2.05, 4.69) is 29.1 Å². The number of amides is 1. The number of hydrogen-bond donors (Lipinski definition) is 1. The second-order valence-corrected chi connectivity index (χ2v) is 5.56. The highest BCUT2D eigenvalue weighted by molar-refractivity contribution is 6.19. The molecule has 132 valence electrons. The lowest BCUT2D eigenvalue weighted by Crippen LogP contribution is -2.28. The van der Waals surface area contributed by atoms with Gasteiger partial charge in [-0.1, -0.05) is 38.1 Å². The summed E-state index contributed by atoms with van der Waals surface area (Å²) in [5.74, 6) is -0.135. The Kier molecular flexibility index (Phi) is 7.29. The van der Waals surface area contributed by atoms with Gasteiger partial charge in [-0.05, 0) is 38.2 Å². The summed E-state index contributed by atoms with van der Waals surface area (Å²) in [6, 6.07) is 13.6. The average molecular weight is 338 g/mol. The van der Waals surface area contributed by atoms with Crippen molar-refractivity contribution in [3.63, 3.8) is 0 Å². The summed E-state index contributed by atoms with van der Waals surface area (Å²) in [4.78, 5) is 22.7. The Morgan fingerprint density at radius 1 is 1.04 bits per heavy atom. The Balaban J connectivity index is 0.000000399. The summed E-state index contributed by atoms with van der Waals surface area (Å²) < 4.78 is 0. The van der Waals surface area contributed by atoms with E-state index in [1.165, 1.54) is 0 Å². The molecule has 0 radical (unpaired) electrons. The zero-order chi connectivity index (χ0) is 18.1. The van der Waals surface area contributed by atoms with Crippen LogP contribution in [-0.4, -0.2) is 42.8 Å². The Labute approximate surface area is 149 Å². The maximum absolute atomic E-state index is 12.0. The SMILES string of the molecule is CCN1CC(=O)N=C(c2ccccn2)c2ccccc21.CCNCC. The third-order valence-corrected chi connectivity index (χ3v) is 3.85. The van der Waals surface area contributed by atoms with Gasteiger partial charge in [0, 0.05) is 24.0 Å². The van der Waals surface area contributed by atoms with E-state index in [0.717, 1.165) is 36.6 Å². The van der Waals surface area contributed by atoms with Crippen molar-refractivity contribution in [1.82, 2.24) is 10.3 Å². The third kappa shape index (κ3) is 4.97. The van der Waals surface area contributed by atoms with Gasteiger partial charge in [0.25, 0.3) is 5.91 Å². The normalized spacial score (nSPS) is 13.3. The first-order chi connectivity index (χ1) is 12.2. The number of nitrogens with zero attached hydrogens (tertiary/aromatic N) is 3. The van der Waals surface area contributed by atoms with Crippen LogP contribution >= 0.6 is 0 Å². The maximum atomic E-state index is 12.0. The first-order valence-corrected chi connectivity index (χ1v) is 8.79. The van der Waals surface area contributed by atoms with Crippen molar-refractivity contribution in [2.24, 2.45) is 4.99 Å². The number of pyridine rings is 1. The fourth-order valence-electron chi connectivity index (χ4n) is 2.65. The zero-order valence-corrected chi connectivity index (χ0v) is 15.2. The number of hydrogen-bond acceptors (Lipinski definition) is 4. The number of anilines is 1. The van der Waals surface area contributed by atoms with Crippen molar-refractivity contribution < 1.29 is 4.79 Å². The van der Waals surface area contributed by atoms with Gasteiger partial charge in [0.2, 0.25) is 0 Å². The molecular weight excluding hydrogens is 312 g/mol. The Morgan fingerprint density at radius 2 is 1.76 bits per heavy atom. The van der Waals surface area contributed by atoms with Gasteiger partial charge >= 0.3 is 0 Å². The van der Waals surface area contributed by atoms with Crippen LogP contribution in [0.15, 0.2) is 53.7 Å². The summed E-state index contributed by atoms with van der Waals surface area (Å²) >= 11 is 0. The minimum Gasteiger partial charge on any atom is -0.362 e. The van der Waals surface area contributed by atoms with E-state index >= 15 is 0 Å². The number of carbonyl (C=O) groups is 1. The van der Waals surface area contributed by atoms with Crippen molar-refractivity contribution in [2.45, 2.75) is 20.8 Å². The van der Waals surface area contributed by atoms with Crippen LogP contribution in [0, 0.1) is 0 Å². The summed E-state index contributed by atoms with van der Waals surface area (Å²) in [6.07, 6.45) is 1.72. The molecule has 1 aromatic heterocycles. The van der Waals surface area contributed by atoms with Crippen LogP contribution in [0.1, 0.15) is 32.0 Å². The molecule has 1 N–H and O–H groups in total. The van der Waals surface area contributed by atoms with Crippen LogP contribution in [0.2, 0.25) is 0 Å². The Morgan fingerprint density at radius 3 is 2.36 bits per heavy atom. The number of aliphatic imine (C=N–C) groups is 1. The summed E-state index contributed by atoms with van der Waals surface area (Å²) in [5.41, 5.74) is 3.37. The zero-order valence-electron chi connectivity index (χ0n) is 15.2. The van der Waals surface area contributed by atoms with Crippen LogP contribution in [0.25, 0.3) is 0 Å². The molecule has 2 aromatic rings. The van der Waals surface area contributed by atoms with E-state index < -0.39 is 0 Å². The molecule has 5 heteroatoms. The average Bonchev–Trinajstić information content (AvgIpc) is 2.80. The van der Waals surface area contributed by atoms with Crippen LogP contribution in [0.3, 0.4) is 0 Å². The minimum atomic E-state index is -0.135. The van der Waals surface area contributed by atoms with E-state index in [4.69, 9.17) is 0 Å². The molecule has 0 fully saturated rings. The van der Waals surface area contributed by atoms with E-state index in [0.29, 0.717) is 12.3 Å². The van der Waals surface area contributed by atoms with E-state index in [1.807, 2.05) is 54.3 Å². The number of benzodiazepines with no additional fused rings is 1. The topological polar surface area (TPSA) is 57.6 Å². The van der Waals surface area contributed by atoms with Gasteiger partial charge in [0.1, 0.15) is 5.71 Å². The minimum absolute atomic E-state index is 0.135. The highest BCUT2D eigenvalue weighted by Crippen LogP contribution is 2.25. The number of likely N-dealkylation sites (N-methyl/N-ethyl adjacent to an activating group) is 1. The summed E-state index contributed by atoms with van der Waals surface area (Å²) in [5, 5.41) is 3.11. The molecule has 0 spiro atoms. The number of aromatic nitrogens is 1. The number of fused-ring (bicyclic) bond motifs is 1. The second kappa shape index (κ2) is 9.69. The van der Waals surface area contributed by atoms with E-state index in [9.17, 15) is 4.79 Å². The van der Waals surface area contributed by atoms with Gasteiger partial charge in [0.15, 0.2) is 0 Å². The smallest absolute Gasteiger partial charge is 0.265 e. The van der Waals surface area contributed by atoms with Gasteiger partial charge in [-0.15, -0.1) is 0 Å². The molecular formula is C20H26N4O. The van der Waals surface area contributed by atoms with Crippen LogP contribution < -0.4 is 10.2 Å². The Hall–Kier alpha value is -2.53. The van der Waals surface area contributed by atoms with Crippen molar-refractivity contribution in [2.75, 3.05) is 31.1 Å². The van der Waals surface area contributed by atoms with Gasteiger partial charge in [0.05, 0.1) is 12.2 Å². The molecule has 0 aliphatic carbocycles. The molecule has 0 saturated carbocycles. The molecule has 1 aliphatic rings. The fourth-order valence-corrected chi connectivity index (χ4v) is 2.65. The standard InChI is InChI=1S/C16H15N3O.C4H11N/c1-2-19-11-15(20)18-16(13-8-5-6-10-17-13)12-7-3-4-9-14(12)19;1-3-5-4-2/h3-10H,2,11H2,1H3;5H,3-4H2,1-2H3. The molecule has 0 unspecified atom stereocenters. The molecule has 5 nitrogen and oxygen atoms in total. The van der Waals surface area contributed by atoms with Crippen molar-refractivity contribution >= 4 is 17.3 Å². The molecule has 0 atom stereocenters. The molecule has 1 amide bonds. The largest absolute Gasteiger partial charge is 0.362 e. The third-order valence-electron chi connectivity index (χ3n) is 3.85. The van der Waals surface area contributed by atoms with Crippen molar-refractivity contribution in [3.05, 3.63) is 59.9 Å². The quantitative estimate of drug-likeness (QED) is 0.931. The number of rotatable bonds is 4. The van der Waals surface area contributed by atoms with Crippen LogP contribution in [0.5, 0.6) is 0 Å². The van der Waals surface area contributed by atoms with Gasteiger partial charge in [-0.25, -0.2) is 4.99 Å². The predicted molar refractivity (Wildman–Crippen MR) is 103 cm³/mol. The lowest BCUT2D eigenvalue weighted by atomic mass is 10.0. The Bertz CT molecular complexity index is 711. The van der Waals surface area contributed by atoms with Gasteiger partial charge in [-0.2, -0.15) is 0 Å². The number of carbonyl (C=O) groups excluding carboxylic acids is 1. The number of para-hydroxylation sites is 1. The lowest BCUT2D eigenvalue weighted by Gasteiger charge is -2.21. The van der Waals surface area contributed by atoms with E-state index in [-0.39, 0.29) is 5.91 Å². The lowest BCUT2D eigenvalue weighted by molar-refractivity contribution is -0.116. The fraction of sp³-hybridized carbons (Fsp3) is 0.350. The maximum Gasteiger partial charge on any atom is 0.265 e. The molecule has 1 aromatic carbocycles. The molecule has 25 heavy (non-hydrogen) atoms. The monoisotopic (exact) mass is 338 g/mol. The van der Waals surface area contributed by atoms with Crippen LogP contribution in [0.4, 0.5) is 5.69 Å². The first kappa shape index (κ1) is 18.8. The number of nitrogens with one attached hydrogen (secondary N) is 1. The van der Waals surface area contributed by atoms with Crippen LogP contribution in [-0.2, 0) is 4.79 Å². The number of benzene rings is 1. The summed E-state index contributed by atoms with van der Waals surface area (Å²) in [7, 11) is 0. The highest BCUT2D eigenvalue weighted by Gasteiger charge is 2.22. The predicted octanol–water partition coefficient (Wildman–Crippen LogP) is 2.90. The van der Waals surface area contributed by atoms with Crippen molar-refractivity contribution in [1.29, 1.82) is 0 Å². The molecule has 0 saturated heterocycles. The molecule has 1 aliphatic heterocycles. The molecule has 3 rings (SSSR count). The highest BCUT2D eigenvalue weighted by atomic mass is 16.1. The van der Waals surface area contributed by atoms with Crippen molar-refractivity contribution in [3.8, 4) is 0 Å². The molecule has 2 heterocycles. The van der Waals surface area contributed by atoms with Gasteiger partial charge in [-0.3, -0.25) is 9.78 Å².